The van der Waals surface area contributed by atoms with Crippen molar-refractivity contribution in [1.82, 2.24) is 0 Å². The SMILES string of the molecule is CC(C)(C)[Si](C)(C)OCC1(CO[N+](=O)[O-])CC(C(=O)OCCl)C1. The number of halogens is 1. The Bertz CT molecular complexity index is 445. The van der Waals surface area contributed by atoms with Gasteiger partial charge in [0.1, 0.15) is 6.61 Å². The van der Waals surface area contributed by atoms with Crippen LogP contribution in [0.1, 0.15) is 33.6 Å². The van der Waals surface area contributed by atoms with E-state index in [1.807, 2.05) is 0 Å². The van der Waals surface area contributed by atoms with E-state index < -0.39 is 18.8 Å². The smallest absolute Gasteiger partial charge is 0.310 e. The Morgan fingerprint density at radius 1 is 1.35 bits per heavy atom. The Morgan fingerprint density at radius 3 is 2.35 bits per heavy atom. The molecular weight excluding hydrogens is 342 g/mol. The molecule has 0 aromatic heterocycles. The van der Waals surface area contributed by atoms with Gasteiger partial charge in [-0.2, -0.15) is 0 Å². The second kappa shape index (κ2) is 7.35. The monoisotopic (exact) mass is 367 g/mol. The van der Waals surface area contributed by atoms with E-state index in [1.54, 1.807) is 0 Å². The zero-order chi connectivity index (χ0) is 17.9. The van der Waals surface area contributed by atoms with Crippen molar-refractivity contribution in [3.63, 3.8) is 0 Å². The predicted octanol–water partition coefficient (Wildman–Crippen LogP) is 3.35. The van der Waals surface area contributed by atoms with Crippen molar-refractivity contribution in [2.45, 2.75) is 51.7 Å². The van der Waals surface area contributed by atoms with E-state index in [-0.39, 0.29) is 29.6 Å². The van der Waals surface area contributed by atoms with Crippen molar-refractivity contribution in [2.75, 3.05) is 19.3 Å². The Hall–Kier alpha value is -0.863. The Kier molecular flexibility index (Phi) is 6.45. The maximum absolute atomic E-state index is 11.7. The standard InChI is InChI=1S/C14H26ClNO6Si/c1-13(2,3)23(4,5)22-9-14(8-21-16(18)19)6-11(7-14)12(17)20-10-15/h11H,6-10H2,1-5H3. The fourth-order valence-corrected chi connectivity index (χ4v) is 3.55. The summed E-state index contributed by atoms with van der Waals surface area (Å²) in [5.74, 6) is -0.670. The molecule has 0 N–H and O–H groups in total. The topological polar surface area (TPSA) is 87.9 Å². The highest BCUT2D eigenvalue weighted by Crippen LogP contribution is 2.48. The molecule has 0 spiro atoms. The third kappa shape index (κ3) is 5.32. The van der Waals surface area contributed by atoms with Gasteiger partial charge >= 0.3 is 5.97 Å². The minimum Gasteiger partial charge on any atom is -0.449 e. The van der Waals surface area contributed by atoms with Crippen molar-refractivity contribution < 1.29 is 23.9 Å². The molecule has 0 heterocycles. The molecule has 0 radical (unpaired) electrons. The van der Waals surface area contributed by atoms with Crippen LogP contribution in [0.5, 0.6) is 0 Å². The second-order valence-corrected chi connectivity index (χ2v) is 12.8. The summed E-state index contributed by atoms with van der Waals surface area (Å²) in [6.45, 7) is 10.9. The molecule has 1 fully saturated rings. The first kappa shape index (κ1) is 20.2. The van der Waals surface area contributed by atoms with Crippen LogP contribution in [0.15, 0.2) is 0 Å². The van der Waals surface area contributed by atoms with Gasteiger partial charge in [0.05, 0.1) is 5.92 Å². The van der Waals surface area contributed by atoms with Crippen LogP contribution in [0.25, 0.3) is 0 Å². The average Bonchev–Trinajstić information content (AvgIpc) is 2.35. The summed E-state index contributed by atoms with van der Waals surface area (Å²) in [7, 11) is -1.98. The highest BCUT2D eigenvalue weighted by atomic mass is 35.5. The fraction of sp³-hybridized carbons (Fsp3) is 0.929. The lowest BCUT2D eigenvalue weighted by atomic mass is 9.63. The summed E-state index contributed by atoms with van der Waals surface area (Å²) >= 11 is 5.39. The van der Waals surface area contributed by atoms with Crippen LogP contribution in [0.3, 0.4) is 0 Å². The van der Waals surface area contributed by atoms with Crippen LogP contribution in [-0.4, -0.2) is 38.7 Å². The van der Waals surface area contributed by atoms with E-state index in [9.17, 15) is 14.9 Å². The number of nitrogens with zero attached hydrogens (tertiary/aromatic N) is 1. The summed E-state index contributed by atoms with van der Waals surface area (Å²) in [5.41, 5.74) is -0.515. The van der Waals surface area contributed by atoms with Crippen LogP contribution in [-0.2, 0) is 18.8 Å². The van der Waals surface area contributed by atoms with Crippen molar-refractivity contribution >= 4 is 25.9 Å². The highest BCUT2D eigenvalue weighted by molar-refractivity contribution is 6.74. The van der Waals surface area contributed by atoms with Gasteiger partial charge in [0.25, 0.3) is 5.09 Å². The van der Waals surface area contributed by atoms with E-state index in [0.29, 0.717) is 19.4 Å². The quantitative estimate of drug-likeness (QED) is 0.215. The van der Waals surface area contributed by atoms with Gasteiger partial charge in [-0.3, -0.25) is 4.79 Å². The molecule has 1 rings (SSSR count). The molecule has 23 heavy (non-hydrogen) atoms. The lowest BCUT2D eigenvalue weighted by Crippen LogP contribution is -2.52. The van der Waals surface area contributed by atoms with Crippen LogP contribution in [0.2, 0.25) is 18.1 Å². The first-order valence-electron chi connectivity index (χ1n) is 7.56. The number of alkyl halides is 1. The summed E-state index contributed by atoms with van der Waals surface area (Å²) in [6, 6.07) is -0.186. The molecule has 0 bridgehead atoms. The third-order valence-corrected chi connectivity index (χ3v) is 9.50. The minimum atomic E-state index is -1.98. The van der Waals surface area contributed by atoms with Crippen molar-refractivity contribution in [3.05, 3.63) is 10.1 Å². The number of hydrogen-bond acceptors (Lipinski definition) is 6. The van der Waals surface area contributed by atoms with Gasteiger partial charge in [-0.05, 0) is 31.0 Å². The Balaban J connectivity index is 2.69. The predicted molar refractivity (Wildman–Crippen MR) is 88.1 cm³/mol. The van der Waals surface area contributed by atoms with E-state index in [4.69, 9.17) is 20.8 Å². The number of ether oxygens (including phenoxy) is 1. The molecule has 134 valence electrons. The van der Waals surface area contributed by atoms with Crippen molar-refractivity contribution in [2.24, 2.45) is 11.3 Å². The molecule has 7 nitrogen and oxygen atoms in total. The van der Waals surface area contributed by atoms with Crippen LogP contribution >= 0.6 is 11.6 Å². The molecule has 0 amide bonds. The Labute approximate surface area is 142 Å². The third-order valence-electron chi connectivity index (χ3n) is 4.91. The number of hydrogen-bond donors (Lipinski definition) is 0. The lowest BCUT2D eigenvalue weighted by molar-refractivity contribution is -0.761. The molecule has 0 unspecified atom stereocenters. The molecule has 1 saturated carbocycles. The summed E-state index contributed by atoms with van der Waals surface area (Å²) < 4.78 is 11.0. The largest absolute Gasteiger partial charge is 0.449 e. The number of esters is 1. The molecule has 0 atom stereocenters. The van der Waals surface area contributed by atoms with E-state index in [2.05, 4.69) is 38.7 Å². The van der Waals surface area contributed by atoms with Crippen molar-refractivity contribution in [1.29, 1.82) is 0 Å². The van der Waals surface area contributed by atoms with Gasteiger partial charge in [-0.25, -0.2) is 0 Å². The highest BCUT2D eigenvalue weighted by Gasteiger charge is 2.50. The molecule has 9 heteroatoms. The van der Waals surface area contributed by atoms with Crippen LogP contribution < -0.4 is 0 Å². The average molecular weight is 368 g/mol. The second-order valence-electron chi connectivity index (χ2n) is 7.72. The Morgan fingerprint density at radius 2 is 1.91 bits per heavy atom. The van der Waals surface area contributed by atoms with E-state index >= 15 is 0 Å². The first-order valence-corrected chi connectivity index (χ1v) is 11.0. The maximum atomic E-state index is 11.7. The van der Waals surface area contributed by atoms with Crippen molar-refractivity contribution in [3.8, 4) is 0 Å². The zero-order valence-electron chi connectivity index (χ0n) is 14.4. The van der Waals surface area contributed by atoms with Gasteiger partial charge in [0, 0.05) is 12.0 Å². The summed E-state index contributed by atoms with van der Waals surface area (Å²) in [6.07, 6.45) is 0.899. The number of carbonyl (C=O) groups excluding carboxylic acids is 1. The molecular formula is C14H26ClNO6Si. The van der Waals surface area contributed by atoms with Gasteiger partial charge in [-0.1, -0.05) is 32.4 Å². The molecule has 1 aliphatic carbocycles. The maximum Gasteiger partial charge on any atom is 0.310 e. The molecule has 0 aliphatic heterocycles. The molecule has 0 aromatic rings. The normalized spacial score (nSPS) is 24.7. The van der Waals surface area contributed by atoms with Gasteiger partial charge in [-0.15, -0.1) is 10.1 Å². The summed E-state index contributed by atoms with van der Waals surface area (Å²) in [4.78, 5) is 26.8. The van der Waals surface area contributed by atoms with Gasteiger partial charge < -0.3 is 14.0 Å². The van der Waals surface area contributed by atoms with Gasteiger partial charge in [0.2, 0.25) is 0 Å². The fourth-order valence-electron chi connectivity index (χ4n) is 2.34. The van der Waals surface area contributed by atoms with Crippen LogP contribution in [0, 0.1) is 21.4 Å². The molecule has 0 aromatic carbocycles. The van der Waals surface area contributed by atoms with Crippen LogP contribution in [0.4, 0.5) is 0 Å². The first-order chi connectivity index (χ1) is 10.4. The lowest BCUT2D eigenvalue weighted by Gasteiger charge is -2.48. The molecule has 1 aliphatic rings. The number of rotatable bonds is 8. The summed E-state index contributed by atoms with van der Waals surface area (Å²) in [5, 5.41) is 9.74. The number of carbonyl (C=O) groups is 1. The zero-order valence-corrected chi connectivity index (χ0v) is 16.1. The molecule has 0 saturated heterocycles. The van der Waals surface area contributed by atoms with Gasteiger partial charge in [0.15, 0.2) is 14.4 Å². The van der Waals surface area contributed by atoms with E-state index in [0.717, 1.165) is 0 Å². The van der Waals surface area contributed by atoms with E-state index in [1.165, 1.54) is 0 Å². The minimum absolute atomic E-state index is 0.0405.